The average molecular weight is 329 g/mol. The Labute approximate surface area is 136 Å². The van der Waals surface area contributed by atoms with Crippen LogP contribution in [0.2, 0.25) is 0 Å². The zero-order valence-corrected chi connectivity index (χ0v) is 13.1. The molecule has 0 saturated heterocycles. The van der Waals surface area contributed by atoms with Gasteiger partial charge in [-0.1, -0.05) is 6.07 Å². The molecule has 0 saturated carbocycles. The van der Waals surface area contributed by atoms with Crippen LogP contribution in [0.5, 0.6) is 0 Å². The van der Waals surface area contributed by atoms with Crippen molar-refractivity contribution in [2.75, 3.05) is 0 Å². The van der Waals surface area contributed by atoms with Gasteiger partial charge in [0.15, 0.2) is 0 Å². The number of benzene rings is 1. The number of carbonyl (C=O) groups excluding carboxylic acids is 1. The van der Waals surface area contributed by atoms with Gasteiger partial charge in [0.1, 0.15) is 11.5 Å². The van der Waals surface area contributed by atoms with Gasteiger partial charge in [-0.2, -0.15) is 5.10 Å². The summed E-state index contributed by atoms with van der Waals surface area (Å²) in [6, 6.07) is 5.78. The molecular formula is C16H16FN5O2. The first-order chi connectivity index (χ1) is 11.5. The lowest BCUT2D eigenvalue weighted by atomic mass is 10.1. The highest BCUT2D eigenvalue weighted by molar-refractivity contribution is 5.92. The fourth-order valence-corrected chi connectivity index (χ4v) is 2.52. The number of amides is 1. The second kappa shape index (κ2) is 6.15. The molecule has 1 amide bonds. The van der Waals surface area contributed by atoms with Crippen molar-refractivity contribution in [1.82, 2.24) is 25.1 Å². The van der Waals surface area contributed by atoms with E-state index in [1.54, 1.807) is 23.0 Å². The molecule has 3 N–H and O–H groups in total. The van der Waals surface area contributed by atoms with Gasteiger partial charge in [0.05, 0.1) is 17.9 Å². The molecule has 3 rings (SSSR count). The van der Waals surface area contributed by atoms with Crippen LogP contribution in [0.15, 0.2) is 41.5 Å². The normalized spacial score (nSPS) is 12.1. The summed E-state index contributed by atoms with van der Waals surface area (Å²) >= 11 is 0. The summed E-state index contributed by atoms with van der Waals surface area (Å²) in [6.45, 7) is 3.65. The molecule has 3 aromatic rings. The molecule has 7 nitrogen and oxygen atoms in total. The molecule has 0 radical (unpaired) electrons. The Bertz CT molecular complexity index is 940. The third-order valence-corrected chi connectivity index (χ3v) is 3.76. The number of aromatic nitrogens is 4. The average Bonchev–Trinajstić information content (AvgIpc) is 3.13. The first-order valence-electron chi connectivity index (χ1n) is 7.34. The van der Waals surface area contributed by atoms with Crippen molar-refractivity contribution in [3.63, 3.8) is 0 Å². The Morgan fingerprint density at radius 2 is 2.21 bits per heavy atom. The molecule has 0 aliphatic rings. The number of halogens is 1. The van der Waals surface area contributed by atoms with Crippen LogP contribution in [0.1, 0.15) is 34.7 Å². The van der Waals surface area contributed by atoms with E-state index in [1.807, 2.05) is 13.8 Å². The van der Waals surface area contributed by atoms with Gasteiger partial charge in [-0.05, 0) is 32.0 Å². The molecule has 0 bridgehead atoms. The Morgan fingerprint density at radius 3 is 2.88 bits per heavy atom. The molecule has 0 unspecified atom stereocenters. The largest absolute Gasteiger partial charge is 0.344 e. The summed E-state index contributed by atoms with van der Waals surface area (Å²) in [4.78, 5) is 27.9. The number of aromatic amines is 2. The summed E-state index contributed by atoms with van der Waals surface area (Å²) in [7, 11) is 0. The predicted molar refractivity (Wildman–Crippen MR) is 85.6 cm³/mol. The zero-order chi connectivity index (χ0) is 17.3. The first-order valence-corrected chi connectivity index (χ1v) is 7.34. The zero-order valence-electron chi connectivity index (χ0n) is 13.1. The number of H-pyrrole nitrogens is 2. The molecule has 124 valence electrons. The van der Waals surface area contributed by atoms with E-state index in [0.29, 0.717) is 5.69 Å². The second-order valence-corrected chi connectivity index (χ2v) is 5.43. The maximum absolute atomic E-state index is 13.4. The molecule has 1 aromatic carbocycles. The van der Waals surface area contributed by atoms with Crippen molar-refractivity contribution in [3.05, 3.63) is 69.9 Å². The van der Waals surface area contributed by atoms with E-state index in [0.717, 1.165) is 11.3 Å². The lowest BCUT2D eigenvalue weighted by Crippen LogP contribution is -2.27. The van der Waals surface area contributed by atoms with Crippen molar-refractivity contribution in [2.45, 2.75) is 19.9 Å². The minimum absolute atomic E-state index is 0.155. The van der Waals surface area contributed by atoms with E-state index in [4.69, 9.17) is 0 Å². The number of nitrogens with zero attached hydrogens (tertiary/aromatic N) is 2. The van der Waals surface area contributed by atoms with E-state index in [-0.39, 0.29) is 17.6 Å². The summed E-state index contributed by atoms with van der Waals surface area (Å²) in [6.07, 6.45) is 2.94. The Balaban J connectivity index is 1.82. The van der Waals surface area contributed by atoms with Gasteiger partial charge in [-0.25, -0.2) is 13.9 Å². The molecule has 0 aliphatic heterocycles. The fraction of sp³-hybridized carbons (Fsp3) is 0.188. The lowest BCUT2D eigenvalue weighted by molar-refractivity contribution is 0.0935. The van der Waals surface area contributed by atoms with Crippen LogP contribution in [-0.4, -0.2) is 25.7 Å². The molecule has 0 fully saturated rings. The van der Waals surface area contributed by atoms with Crippen LogP contribution >= 0.6 is 0 Å². The summed E-state index contributed by atoms with van der Waals surface area (Å²) in [5.74, 6) is -0.750. The number of hydrogen-bond acceptors (Lipinski definition) is 3. The van der Waals surface area contributed by atoms with Crippen molar-refractivity contribution in [1.29, 1.82) is 0 Å². The van der Waals surface area contributed by atoms with Crippen molar-refractivity contribution in [2.24, 2.45) is 0 Å². The van der Waals surface area contributed by atoms with Crippen LogP contribution in [0.4, 0.5) is 4.39 Å². The topological polar surface area (TPSA) is 95.6 Å². The smallest absolute Gasteiger partial charge is 0.323 e. The van der Waals surface area contributed by atoms with Gasteiger partial charge in [0.25, 0.3) is 5.91 Å². The van der Waals surface area contributed by atoms with E-state index in [9.17, 15) is 14.0 Å². The quantitative estimate of drug-likeness (QED) is 0.681. The highest BCUT2D eigenvalue weighted by Crippen LogP contribution is 2.20. The van der Waals surface area contributed by atoms with Crippen LogP contribution in [0.25, 0.3) is 5.69 Å². The van der Waals surface area contributed by atoms with Gasteiger partial charge < -0.3 is 15.3 Å². The SMILES string of the molecule is Cc1c([C@@H](C)NC(=O)c2c[nH]c(=O)[nH]2)cnn1-c1cccc(F)c1. The second-order valence-electron chi connectivity index (χ2n) is 5.43. The van der Waals surface area contributed by atoms with Gasteiger partial charge in [0.2, 0.25) is 0 Å². The van der Waals surface area contributed by atoms with Crippen LogP contribution in [0.3, 0.4) is 0 Å². The molecular weight excluding hydrogens is 313 g/mol. The fourth-order valence-electron chi connectivity index (χ4n) is 2.52. The van der Waals surface area contributed by atoms with Gasteiger partial charge in [0, 0.05) is 17.5 Å². The van der Waals surface area contributed by atoms with E-state index < -0.39 is 11.6 Å². The molecule has 1 atom stereocenters. The summed E-state index contributed by atoms with van der Waals surface area (Å²) < 4.78 is 15.0. The number of nitrogens with one attached hydrogen (secondary N) is 3. The Hall–Kier alpha value is -3.16. The maximum Gasteiger partial charge on any atom is 0.323 e. The van der Waals surface area contributed by atoms with Crippen LogP contribution in [0, 0.1) is 12.7 Å². The Morgan fingerprint density at radius 1 is 1.42 bits per heavy atom. The molecule has 2 heterocycles. The van der Waals surface area contributed by atoms with E-state index >= 15 is 0 Å². The Kier molecular flexibility index (Phi) is 4.03. The third kappa shape index (κ3) is 2.98. The van der Waals surface area contributed by atoms with Gasteiger partial charge in [-0.3, -0.25) is 4.79 Å². The summed E-state index contributed by atoms with van der Waals surface area (Å²) in [5, 5.41) is 7.05. The van der Waals surface area contributed by atoms with Gasteiger partial charge in [-0.15, -0.1) is 0 Å². The molecule has 0 spiro atoms. The highest BCUT2D eigenvalue weighted by Gasteiger charge is 2.18. The monoisotopic (exact) mass is 329 g/mol. The maximum atomic E-state index is 13.4. The van der Waals surface area contributed by atoms with Crippen molar-refractivity contribution < 1.29 is 9.18 Å². The minimum atomic E-state index is -0.442. The van der Waals surface area contributed by atoms with Crippen LogP contribution < -0.4 is 11.0 Å². The van der Waals surface area contributed by atoms with Gasteiger partial charge >= 0.3 is 5.69 Å². The van der Waals surface area contributed by atoms with E-state index in [1.165, 1.54) is 18.3 Å². The number of imidazole rings is 1. The third-order valence-electron chi connectivity index (χ3n) is 3.76. The predicted octanol–water partition coefficient (Wildman–Crippen LogP) is 1.83. The van der Waals surface area contributed by atoms with Crippen molar-refractivity contribution >= 4 is 5.91 Å². The summed E-state index contributed by atoms with van der Waals surface area (Å²) in [5.41, 5.74) is 1.90. The number of rotatable bonds is 4. The standard InChI is InChI=1S/C16H16FN5O2/c1-9(20-15(23)14-8-18-16(24)21-14)13-7-19-22(10(13)2)12-5-3-4-11(17)6-12/h3-9H,1-2H3,(H,20,23)(H2,18,21,24)/t9-/m1/s1. The molecule has 2 aromatic heterocycles. The highest BCUT2D eigenvalue weighted by atomic mass is 19.1. The lowest BCUT2D eigenvalue weighted by Gasteiger charge is -2.13. The number of hydrogen-bond donors (Lipinski definition) is 3. The van der Waals surface area contributed by atoms with Crippen LogP contribution in [-0.2, 0) is 0 Å². The van der Waals surface area contributed by atoms with E-state index in [2.05, 4.69) is 20.4 Å². The molecule has 24 heavy (non-hydrogen) atoms. The molecule has 8 heteroatoms. The molecule has 0 aliphatic carbocycles. The minimum Gasteiger partial charge on any atom is -0.344 e. The number of carbonyl (C=O) groups is 1. The first kappa shape index (κ1) is 15.7. The van der Waals surface area contributed by atoms with Crippen molar-refractivity contribution in [3.8, 4) is 5.69 Å².